The second-order valence-electron chi connectivity index (χ2n) is 5.75. The minimum absolute atomic E-state index is 0.0540. The summed E-state index contributed by atoms with van der Waals surface area (Å²) in [4.78, 5) is 28.0. The minimum atomic E-state index is -1.06. The Bertz CT molecular complexity index is 804. The summed E-state index contributed by atoms with van der Waals surface area (Å²) < 4.78 is 27.8. The maximum absolute atomic E-state index is 13.3. The number of hydrogen-bond acceptors (Lipinski definition) is 4. The van der Waals surface area contributed by atoms with Gasteiger partial charge in [0.05, 0.1) is 23.3 Å². The highest BCUT2D eigenvalue weighted by atomic mass is 19.2. The Morgan fingerprint density at radius 3 is 2.83 bits per heavy atom. The molecule has 1 aliphatic rings. The molecule has 0 unspecified atom stereocenters. The third-order valence-corrected chi connectivity index (χ3v) is 4.14. The highest BCUT2D eigenvalue weighted by Gasteiger charge is 2.20. The van der Waals surface area contributed by atoms with E-state index in [-0.39, 0.29) is 22.7 Å². The van der Waals surface area contributed by atoms with E-state index in [1.54, 1.807) is 0 Å². The lowest BCUT2D eigenvalue weighted by atomic mass is 9.99. The molecule has 1 saturated heterocycles. The second-order valence-corrected chi connectivity index (χ2v) is 5.75. The van der Waals surface area contributed by atoms with Crippen LogP contribution in [0.2, 0.25) is 0 Å². The molecule has 7 heteroatoms. The fraction of sp³-hybridized carbons (Fsp3) is 0.438. The highest BCUT2D eigenvalue weighted by Crippen LogP contribution is 2.13. The molecular formula is C16H17F2N3O2. The first kappa shape index (κ1) is 15.7. The summed E-state index contributed by atoms with van der Waals surface area (Å²) in [6.07, 6.45) is 4.06. The van der Waals surface area contributed by atoms with E-state index in [0.717, 1.165) is 25.1 Å². The number of Topliss-reactive ketones (excluding diaryl/α,β-unsaturated/α-hetero) is 1. The molecule has 0 spiro atoms. The molecular weight excluding hydrogens is 304 g/mol. The van der Waals surface area contributed by atoms with Crippen molar-refractivity contribution in [3.05, 3.63) is 40.4 Å². The van der Waals surface area contributed by atoms with Gasteiger partial charge in [-0.15, -0.1) is 0 Å². The van der Waals surface area contributed by atoms with Gasteiger partial charge in [0.1, 0.15) is 5.78 Å². The number of nitrogens with zero attached hydrogens (tertiary/aromatic N) is 2. The van der Waals surface area contributed by atoms with Crippen molar-refractivity contribution in [2.45, 2.75) is 38.3 Å². The summed E-state index contributed by atoms with van der Waals surface area (Å²) in [6.45, 7) is 1.21. The molecule has 0 saturated carbocycles. The van der Waals surface area contributed by atoms with Crippen LogP contribution in [0.4, 0.5) is 8.78 Å². The van der Waals surface area contributed by atoms with E-state index < -0.39 is 17.2 Å². The molecule has 0 bridgehead atoms. The third-order valence-electron chi connectivity index (χ3n) is 4.14. The lowest BCUT2D eigenvalue weighted by Gasteiger charge is -2.22. The summed E-state index contributed by atoms with van der Waals surface area (Å²) in [5, 5.41) is 3.22. The van der Waals surface area contributed by atoms with Gasteiger partial charge in [-0.05, 0) is 31.9 Å². The van der Waals surface area contributed by atoms with Crippen LogP contribution in [0.15, 0.2) is 23.3 Å². The Morgan fingerprint density at radius 2 is 2.04 bits per heavy atom. The van der Waals surface area contributed by atoms with Crippen LogP contribution in [0, 0.1) is 11.6 Å². The predicted octanol–water partition coefficient (Wildman–Crippen LogP) is 1.78. The summed E-state index contributed by atoms with van der Waals surface area (Å²) in [5.41, 5.74) is -0.272. The van der Waals surface area contributed by atoms with Crippen LogP contribution >= 0.6 is 0 Å². The molecule has 1 aromatic carbocycles. The van der Waals surface area contributed by atoms with Gasteiger partial charge in [0.15, 0.2) is 11.6 Å². The van der Waals surface area contributed by atoms with Gasteiger partial charge in [-0.1, -0.05) is 0 Å². The predicted molar refractivity (Wildman–Crippen MR) is 81.2 cm³/mol. The molecule has 0 aliphatic carbocycles. The lowest BCUT2D eigenvalue weighted by Crippen LogP contribution is -2.41. The van der Waals surface area contributed by atoms with Crippen molar-refractivity contribution >= 4 is 16.7 Å². The molecule has 2 aromatic rings. The molecule has 23 heavy (non-hydrogen) atoms. The number of nitrogens with one attached hydrogen (secondary N) is 1. The summed E-state index contributed by atoms with van der Waals surface area (Å²) in [7, 11) is 0. The van der Waals surface area contributed by atoms with Crippen molar-refractivity contribution < 1.29 is 13.6 Å². The molecule has 3 rings (SSSR count). The van der Waals surface area contributed by atoms with Crippen LogP contribution in [0.1, 0.15) is 25.7 Å². The van der Waals surface area contributed by atoms with Gasteiger partial charge in [-0.2, -0.15) is 0 Å². The molecule has 2 heterocycles. The summed E-state index contributed by atoms with van der Waals surface area (Å²) in [5.74, 6) is -1.88. The number of aryl methyl sites for hydroxylation is 1. The Labute approximate surface area is 131 Å². The van der Waals surface area contributed by atoms with Gasteiger partial charge in [0.25, 0.3) is 5.56 Å². The molecule has 1 atom stereocenters. The highest BCUT2D eigenvalue weighted by molar-refractivity contribution is 5.84. The van der Waals surface area contributed by atoms with Crippen molar-refractivity contribution in [2.24, 2.45) is 0 Å². The molecule has 0 amide bonds. The van der Waals surface area contributed by atoms with Crippen LogP contribution in [0.25, 0.3) is 10.9 Å². The lowest BCUT2D eigenvalue weighted by molar-refractivity contribution is -0.122. The van der Waals surface area contributed by atoms with Gasteiger partial charge >= 0.3 is 0 Å². The van der Waals surface area contributed by atoms with Crippen LogP contribution in [0.3, 0.4) is 0 Å². The standard InChI is InChI=1S/C16H17F2N3O2/c17-11-7-10-14(8-12(11)18)20-9-21(16(10)23)6-2-3-13-15(22)4-1-5-19-13/h7-9,13,19H,1-6H2/t13-/m1/s1. The number of rotatable bonds is 4. The van der Waals surface area contributed by atoms with E-state index in [9.17, 15) is 18.4 Å². The molecule has 1 fully saturated rings. The van der Waals surface area contributed by atoms with Crippen molar-refractivity contribution in [1.82, 2.24) is 14.9 Å². The zero-order valence-electron chi connectivity index (χ0n) is 12.5. The average molecular weight is 321 g/mol. The van der Waals surface area contributed by atoms with E-state index in [2.05, 4.69) is 10.3 Å². The van der Waals surface area contributed by atoms with E-state index >= 15 is 0 Å². The zero-order chi connectivity index (χ0) is 16.4. The Hall–Kier alpha value is -2.15. The van der Waals surface area contributed by atoms with E-state index in [1.807, 2.05) is 0 Å². The van der Waals surface area contributed by atoms with Gasteiger partial charge in [-0.3, -0.25) is 14.2 Å². The maximum Gasteiger partial charge on any atom is 0.261 e. The molecule has 5 nitrogen and oxygen atoms in total. The molecule has 1 aliphatic heterocycles. The molecule has 1 aromatic heterocycles. The van der Waals surface area contributed by atoms with Crippen molar-refractivity contribution in [2.75, 3.05) is 6.54 Å². The Kier molecular flexibility index (Phi) is 4.47. The fourth-order valence-corrected chi connectivity index (χ4v) is 2.87. The summed E-state index contributed by atoms with van der Waals surface area (Å²) in [6, 6.07) is 1.64. The monoisotopic (exact) mass is 321 g/mol. The Balaban J connectivity index is 1.73. The van der Waals surface area contributed by atoms with E-state index in [4.69, 9.17) is 0 Å². The fourth-order valence-electron chi connectivity index (χ4n) is 2.87. The first-order chi connectivity index (χ1) is 11.1. The van der Waals surface area contributed by atoms with Gasteiger partial charge in [0.2, 0.25) is 0 Å². The number of benzene rings is 1. The quantitative estimate of drug-likeness (QED) is 0.932. The number of fused-ring (bicyclic) bond motifs is 1. The Morgan fingerprint density at radius 1 is 1.26 bits per heavy atom. The SMILES string of the molecule is O=C1CCCN[C@@H]1CCCn1cnc2cc(F)c(F)cc2c1=O. The molecule has 1 N–H and O–H groups in total. The largest absolute Gasteiger partial charge is 0.307 e. The maximum atomic E-state index is 13.3. The number of aromatic nitrogens is 2. The number of piperidine rings is 1. The number of hydrogen-bond donors (Lipinski definition) is 1. The average Bonchev–Trinajstić information content (AvgIpc) is 2.53. The van der Waals surface area contributed by atoms with Gasteiger partial charge < -0.3 is 5.32 Å². The van der Waals surface area contributed by atoms with Crippen LogP contribution in [-0.4, -0.2) is 27.9 Å². The van der Waals surface area contributed by atoms with Crippen molar-refractivity contribution in [3.8, 4) is 0 Å². The normalized spacial score (nSPS) is 18.5. The number of carbonyl (C=O) groups excluding carboxylic acids is 1. The van der Waals surface area contributed by atoms with Gasteiger partial charge in [0, 0.05) is 19.0 Å². The third kappa shape index (κ3) is 3.29. The minimum Gasteiger partial charge on any atom is -0.307 e. The summed E-state index contributed by atoms with van der Waals surface area (Å²) >= 11 is 0. The van der Waals surface area contributed by atoms with Crippen LogP contribution in [0.5, 0.6) is 0 Å². The van der Waals surface area contributed by atoms with E-state index in [0.29, 0.717) is 25.8 Å². The number of ketones is 1. The number of carbonyl (C=O) groups is 1. The van der Waals surface area contributed by atoms with Crippen molar-refractivity contribution in [3.63, 3.8) is 0 Å². The second kappa shape index (κ2) is 6.54. The van der Waals surface area contributed by atoms with E-state index in [1.165, 1.54) is 10.9 Å². The number of halogens is 2. The zero-order valence-corrected chi connectivity index (χ0v) is 12.5. The molecule has 0 radical (unpaired) electrons. The van der Waals surface area contributed by atoms with Crippen LogP contribution < -0.4 is 10.9 Å². The van der Waals surface area contributed by atoms with Gasteiger partial charge in [-0.25, -0.2) is 13.8 Å². The van der Waals surface area contributed by atoms with Crippen LogP contribution in [-0.2, 0) is 11.3 Å². The smallest absolute Gasteiger partial charge is 0.261 e. The van der Waals surface area contributed by atoms with Crippen molar-refractivity contribution in [1.29, 1.82) is 0 Å². The molecule has 122 valence electrons. The topological polar surface area (TPSA) is 64.0 Å². The first-order valence-corrected chi connectivity index (χ1v) is 7.66. The first-order valence-electron chi connectivity index (χ1n) is 7.66.